The predicted molar refractivity (Wildman–Crippen MR) is 213 cm³/mol. The van der Waals surface area contributed by atoms with E-state index in [9.17, 15) is 0 Å². The van der Waals surface area contributed by atoms with Crippen molar-refractivity contribution in [1.29, 1.82) is 0 Å². The summed E-state index contributed by atoms with van der Waals surface area (Å²) in [6.07, 6.45) is 22.7. The molecule has 10 heterocycles. The number of amidine groups is 5. The van der Waals surface area contributed by atoms with E-state index in [2.05, 4.69) is 16.5 Å². The van der Waals surface area contributed by atoms with E-state index in [1.807, 2.05) is 6.21 Å². The maximum absolute atomic E-state index is 7.79. The van der Waals surface area contributed by atoms with Crippen LogP contribution in [-0.2, 0) is 6.15 Å². The first-order chi connectivity index (χ1) is 28.2. The molecule has 18 nitrogen and oxygen atoms in total. The molecule has 1 atom stereocenters. The summed E-state index contributed by atoms with van der Waals surface area (Å²) >= 11 is -5.45. The summed E-state index contributed by atoms with van der Waals surface area (Å²) in [7, 11) is 0. The Balaban J connectivity index is 1.22. The number of aromatic nitrogens is 7. The van der Waals surface area contributed by atoms with E-state index in [4.69, 9.17) is 66.0 Å². The second-order valence-corrected chi connectivity index (χ2v) is 22.9. The van der Waals surface area contributed by atoms with E-state index in [0.29, 0.717) is 118 Å². The van der Waals surface area contributed by atoms with Crippen LogP contribution in [0.5, 0.6) is 0 Å². The zero-order valence-corrected chi connectivity index (χ0v) is 33.9. The van der Waals surface area contributed by atoms with Crippen LogP contribution in [0.3, 0.4) is 0 Å². The van der Waals surface area contributed by atoms with E-state index < -0.39 is 25.9 Å². The second kappa shape index (κ2) is 13.4. The van der Waals surface area contributed by atoms with Crippen molar-refractivity contribution >= 4 is 77.8 Å². The SMILES string of the molecule is C1=NC2=C(NC1)C1=Nc3c4nccnc4c4[n]3[Sn]([O]CC3CCCCC3)([O]CC3CCCCC3)[N]3C(=NC2=N1)c1nccnc1C3NC1=NC(=N4)c2nccnc21. The zero-order chi connectivity index (χ0) is 37.5. The Labute approximate surface area is 332 Å². The molecular weight excluding hydrogens is 831 g/mol. The van der Waals surface area contributed by atoms with Gasteiger partial charge in [0.15, 0.2) is 0 Å². The molecule has 2 fully saturated rings. The minimum atomic E-state index is -5.45. The van der Waals surface area contributed by atoms with Crippen LogP contribution in [0.4, 0.5) is 11.6 Å². The Hall–Kier alpha value is -5.34. The van der Waals surface area contributed by atoms with Gasteiger partial charge in [-0.2, -0.15) is 0 Å². The fourth-order valence-electron chi connectivity index (χ4n) is 9.30. The number of aliphatic imine (C=N–C) groups is 6. The molecule has 0 radical (unpaired) electrons. The van der Waals surface area contributed by atoms with E-state index >= 15 is 0 Å². The fraction of sp³-hybridized carbons (Fsp3) is 0.421. The van der Waals surface area contributed by atoms with Crippen LogP contribution < -0.4 is 10.6 Å². The van der Waals surface area contributed by atoms with Gasteiger partial charge < -0.3 is 0 Å². The molecule has 0 amide bonds. The summed E-state index contributed by atoms with van der Waals surface area (Å²) in [6, 6.07) is 0. The van der Waals surface area contributed by atoms with Gasteiger partial charge in [-0.15, -0.1) is 0 Å². The van der Waals surface area contributed by atoms with E-state index in [1.165, 1.54) is 38.5 Å². The minimum absolute atomic E-state index is 0.346. The van der Waals surface area contributed by atoms with Gasteiger partial charge in [0.1, 0.15) is 0 Å². The average molecular weight is 870 g/mol. The Morgan fingerprint density at radius 1 is 0.632 bits per heavy atom. The molecule has 6 bridgehead atoms. The van der Waals surface area contributed by atoms with Gasteiger partial charge in [0.05, 0.1) is 0 Å². The van der Waals surface area contributed by atoms with Crippen molar-refractivity contribution in [1.82, 2.24) is 46.4 Å². The van der Waals surface area contributed by atoms with Crippen LogP contribution in [0.15, 0.2) is 78.5 Å². The normalized spacial score (nSPS) is 23.1. The van der Waals surface area contributed by atoms with E-state index in [-0.39, 0.29) is 0 Å². The number of hydrogen-bond acceptors (Lipinski definition) is 17. The van der Waals surface area contributed by atoms with Gasteiger partial charge in [-0.25, -0.2) is 0 Å². The third-order valence-electron chi connectivity index (χ3n) is 12.0. The topological polar surface area (TPSA) is 202 Å². The predicted octanol–water partition coefficient (Wildman–Crippen LogP) is 4.03. The van der Waals surface area contributed by atoms with Crippen LogP contribution in [0.25, 0.3) is 11.0 Å². The van der Waals surface area contributed by atoms with E-state index in [1.54, 1.807) is 37.2 Å². The quantitative estimate of drug-likeness (QED) is 0.265. The van der Waals surface area contributed by atoms with Gasteiger partial charge in [-0.05, 0) is 0 Å². The molecule has 0 saturated heterocycles. The summed E-state index contributed by atoms with van der Waals surface area (Å²) in [6.45, 7) is 1.49. The first kappa shape index (κ1) is 33.8. The molecule has 8 aliphatic rings. The second-order valence-electron chi connectivity index (χ2n) is 15.5. The average Bonchev–Trinajstić information content (AvgIpc) is 3.98. The first-order valence-electron chi connectivity index (χ1n) is 20.0. The molecule has 6 aliphatic heterocycles. The molecule has 2 aliphatic carbocycles. The van der Waals surface area contributed by atoms with Gasteiger partial charge in [0.2, 0.25) is 0 Å². The van der Waals surface area contributed by atoms with Gasteiger partial charge in [0, 0.05) is 0 Å². The first-order valence-corrected chi connectivity index (χ1v) is 24.9. The van der Waals surface area contributed by atoms with Crippen molar-refractivity contribution in [3.8, 4) is 0 Å². The van der Waals surface area contributed by atoms with E-state index in [0.717, 1.165) is 25.7 Å². The number of nitrogens with one attached hydrogen (secondary N) is 2. The van der Waals surface area contributed by atoms with Crippen molar-refractivity contribution in [2.24, 2.45) is 41.8 Å². The van der Waals surface area contributed by atoms with Gasteiger partial charge in [0.25, 0.3) is 0 Å². The Morgan fingerprint density at radius 2 is 1.26 bits per heavy atom. The maximum atomic E-state index is 7.79. The zero-order valence-electron chi connectivity index (χ0n) is 31.0. The van der Waals surface area contributed by atoms with Crippen LogP contribution in [0, 0.1) is 11.8 Å². The standard InChI is InChI=1S/C24H12N16.2C7H13O.Sn/c1-2-26-10-9(25-1)17-33-18(10)38-20-13-14(30-6-5-29-13)22(35-20)40-24-16-15(31-7-8-32-16)23(36-24)39-21-12-11(19(34-21)37-17)27-3-4-28-12;2*8-6-7-4-2-1-3-5-7;/h1-7,19,32H,8H2,(H-,33,34,36,37,38,39,40);2*7H,1-6H2;/q-2;2*-1;+4. The molecule has 2 saturated carbocycles. The van der Waals surface area contributed by atoms with Crippen molar-refractivity contribution < 1.29 is 6.15 Å². The Bertz CT molecular complexity index is 2560. The Morgan fingerprint density at radius 3 is 1.98 bits per heavy atom. The number of fused-ring (bicyclic) bond motifs is 13. The van der Waals surface area contributed by atoms with Crippen molar-refractivity contribution in [3.05, 3.63) is 71.4 Å². The summed E-state index contributed by atoms with van der Waals surface area (Å²) in [5.74, 6) is 3.88. The summed E-state index contributed by atoms with van der Waals surface area (Å²) in [5.41, 5.74) is 4.68. The molecule has 4 aromatic rings. The molecule has 57 heavy (non-hydrogen) atoms. The van der Waals surface area contributed by atoms with Crippen LogP contribution in [0.1, 0.15) is 93.1 Å². The number of nitrogens with zero attached hydrogens (tertiary/aromatic N) is 14. The molecule has 4 aromatic heterocycles. The molecule has 0 spiro atoms. The van der Waals surface area contributed by atoms with Crippen LogP contribution in [0.2, 0.25) is 0 Å². The monoisotopic (exact) mass is 870 g/mol. The Kier molecular flexibility index (Phi) is 7.92. The van der Waals surface area contributed by atoms with Crippen molar-refractivity contribution in [3.63, 3.8) is 0 Å². The molecule has 1 unspecified atom stereocenters. The third-order valence-corrected chi connectivity index (χ3v) is 21.0. The van der Waals surface area contributed by atoms with Crippen LogP contribution >= 0.6 is 0 Å². The van der Waals surface area contributed by atoms with Crippen molar-refractivity contribution in [2.75, 3.05) is 19.8 Å². The number of rotatable bonds is 6. The third kappa shape index (κ3) is 5.28. The summed E-state index contributed by atoms with van der Waals surface area (Å²) in [4.78, 5) is 60.5. The molecule has 0 aromatic carbocycles. The van der Waals surface area contributed by atoms with Crippen molar-refractivity contribution in [2.45, 2.75) is 70.4 Å². The fourth-order valence-corrected chi connectivity index (χ4v) is 19.4. The van der Waals surface area contributed by atoms with Gasteiger partial charge in [-0.1, -0.05) is 0 Å². The summed E-state index contributed by atoms with van der Waals surface area (Å²) in [5, 5.41) is 7.22. The number of hydrogen-bond donors (Lipinski definition) is 2. The molecule has 2 N–H and O–H groups in total. The molecule has 12 rings (SSSR count). The van der Waals surface area contributed by atoms with Gasteiger partial charge in [-0.3, -0.25) is 0 Å². The molecule has 19 heteroatoms. The summed E-state index contributed by atoms with van der Waals surface area (Å²) < 4.78 is 19.9. The van der Waals surface area contributed by atoms with Gasteiger partial charge >= 0.3 is 334 Å². The van der Waals surface area contributed by atoms with Crippen LogP contribution in [-0.4, -0.2) is 111 Å². The molecular formula is C38H38N16O2Sn. The molecule has 286 valence electrons.